The normalized spacial score (nSPS) is 12.1. The van der Waals surface area contributed by atoms with Crippen LogP contribution < -0.4 is 16.6 Å². The Bertz CT molecular complexity index is 760. The smallest absolute Gasteiger partial charge is 0.325 e. The van der Waals surface area contributed by atoms with Crippen LogP contribution in [0.25, 0.3) is 0 Å². The lowest BCUT2D eigenvalue weighted by Gasteiger charge is -2.14. The summed E-state index contributed by atoms with van der Waals surface area (Å²) in [7, 11) is 0. The van der Waals surface area contributed by atoms with Crippen molar-refractivity contribution in [3.63, 3.8) is 0 Å². The summed E-state index contributed by atoms with van der Waals surface area (Å²) in [6.45, 7) is 1.72. The molecule has 0 aromatic carbocycles. The number of aliphatic hydroxyl groups is 1. The Labute approximate surface area is 131 Å². The molecule has 0 aliphatic heterocycles. The number of carbonyl (C=O) groups excluding carboxylic acids is 1. The maximum atomic E-state index is 12.0. The van der Waals surface area contributed by atoms with E-state index in [-0.39, 0.29) is 37.0 Å². The average molecular weight is 321 g/mol. The fourth-order valence-corrected chi connectivity index (χ4v) is 2.23. The maximum absolute atomic E-state index is 12.0. The molecule has 0 aliphatic rings. The zero-order valence-corrected chi connectivity index (χ0v) is 12.7. The van der Waals surface area contributed by atoms with Crippen molar-refractivity contribution in [3.8, 4) is 0 Å². The van der Waals surface area contributed by atoms with E-state index in [4.69, 9.17) is 4.42 Å². The first kappa shape index (κ1) is 16.8. The summed E-state index contributed by atoms with van der Waals surface area (Å²) in [5.74, 6) is 0.190. The van der Waals surface area contributed by atoms with E-state index in [2.05, 4.69) is 15.3 Å². The number of hydrogen-bond donors (Lipinski definition) is 4. The molecule has 0 saturated heterocycles. The number of aliphatic hydroxyl groups excluding tert-OH is 1. The van der Waals surface area contributed by atoms with Crippen LogP contribution in [0.5, 0.6) is 0 Å². The van der Waals surface area contributed by atoms with Crippen molar-refractivity contribution in [2.24, 2.45) is 5.92 Å². The van der Waals surface area contributed by atoms with E-state index in [1.54, 1.807) is 25.3 Å². The van der Waals surface area contributed by atoms with Gasteiger partial charge in [0.25, 0.3) is 5.56 Å². The molecule has 0 fully saturated rings. The highest BCUT2D eigenvalue weighted by Gasteiger charge is 2.14. The monoisotopic (exact) mass is 321 g/mol. The zero-order chi connectivity index (χ0) is 16.8. The van der Waals surface area contributed by atoms with Gasteiger partial charge in [0.05, 0.1) is 12.7 Å². The standard InChI is InChI=1S/C15H19N3O5/c1-9-12(14(21)18-15(22)17-9)6-13(20)16-7-10(8-19)5-11-3-2-4-23-11/h2-4,10,19H,5-8H2,1H3,(H,16,20)(H2,17,18,21,22). The van der Waals surface area contributed by atoms with Gasteiger partial charge < -0.3 is 19.8 Å². The van der Waals surface area contributed by atoms with Crippen LogP contribution in [0.15, 0.2) is 32.4 Å². The Kier molecular flexibility index (Phi) is 5.53. The average Bonchev–Trinajstić information content (AvgIpc) is 3.00. The minimum atomic E-state index is -0.601. The first-order valence-corrected chi connectivity index (χ1v) is 7.21. The number of H-pyrrole nitrogens is 2. The predicted octanol–water partition coefficient (Wildman–Crippen LogP) is -0.525. The molecule has 8 heteroatoms. The van der Waals surface area contributed by atoms with Gasteiger partial charge in [-0.25, -0.2) is 4.79 Å². The summed E-state index contributed by atoms with van der Waals surface area (Å²) in [4.78, 5) is 39.3. The van der Waals surface area contributed by atoms with Crippen molar-refractivity contribution < 1.29 is 14.3 Å². The third-order valence-electron chi connectivity index (χ3n) is 3.51. The van der Waals surface area contributed by atoms with E-state index < -0.39 is 11.2 Å². The summed E-state index contributed by atoms with van der Waals surface area (Å²) in [5.41, 5.74) is -0.594. The topological polar surface area (TPSA) is 128 Å². The van der Waals surface area contributed by atoms with E-state index in [0.29, 0.717) is 12.1 Å². The van der Waals surface area contributed by atoms with E-state index in [0.717, 1.165) is 5.76 Å². The first-order valence-electron chi connectivity index (χ1n) is 7.21. The number of hydrogen-bond acceptors (Lipinski definition) is 5. The van der Waals surface area contributed by atoms with Gasteiger partial charge in [0.15, 0.2) is 0 Å². The van der Waals surface area contributed by atoms with Gasteiger partial charge >= 0.3 is 5.69 Å². The second-order valence-electron chi connectivity index (χ2n) is 5.32. The molecule has 0 radical (unpaired) electrons. The molecule has 0 bridgehead atoms. The lowest BCUT2D eigenvalue weighted by atomic mass is 10.0. The lowest BCUT2D eigenvalue weighted by molar-refractivity contribution is -0.120. The second kappa shape index (κ2) is 7.59. The van der Waals surface area contributed by atoms with Crippen molar-refractivity contribution in [2.45, 2.75) is 19.8 Å². The Balaban J connectivity index is 1.92. The van der Waals surface area contributed by atoms with Gasteiger partial charge in [-0.1, -0.05) is 0 Å². The molecule has 0 saturated carbocycles. The van der Waals surface area contributed by atoms with Crippen LogP contribution in [0.1, 0.15) is 17.0 Å². The lowest BCUT2D eigenvalue weighted by Crippen LogP contribution is -2.35. The zero-order valence-electron chi connectivity index (χ0n) is 12.7. The number of rotatable bonds is 7. The summed E-state index contributed by atoms with van der Waals surface area (Å²) in [5, 5.41) is 12.0. The first-order chi connectivity index (χ1) is 11.0. The number of furan rings is 1. The number of amides is 1. The minimum absolute atomic E-state index is 0.0980. The molecule has 4 N–H and O–H groups in total. The fourth-order valence-electron chi connectivity index (χ4n) is 2.23. The molecule has 2 aromatic heterocycles. The van der Waals surface area contributed by atoms with Crippen molar-refractivity contribution in [1.82, 2.24) is 15.3 Å². The van der Waals surface area contributed by atoms with Gasteiger partial charge in [-0.15, -0.1) is 0 Å². The summed E-state index contributed by atoms with van der Waals surface area (Å²) in [6, 6.07) is 3.56. The number of aryl methyl sites for hydroxylation is 1. The van der Waals surface area contributed by atoms with E-state index in [1.165, 1.54) is 0 Å². The number of aromatic nitrogens is 2. The van der Waals surface area contributed by atoms with Crippen LogP contribution in [-0.4, -0.2) is 34.1 Å². The third-order valence-corrected chi connectivity index (χ3v) is 3.51. The summed E-state index contributed by atoms with van der Waals surface area (Å²) >= 11 is 0. The fraction of sp³-hybridized carbons (Fsp3) is 0.400. The molecular weight excluding hydrogens is 302 g/mol. The number of nitrogens with one attached hydrogen (secondary N) is 3. The van der Waals surface area contributed by atoms with Crippen LogP contribution in [0.2, 0.25) is 0 Å². The Morgan fingerprint density at radius 3 is 2.78 bits per heavy atom. The molecule has 23 heavy (non-hydrogen) atoms. The molecule has 2 rings (SSSR count). The van der Waals surface area contributed by atoms with Crippen LogP contribution in [0, 0.1) is 12.8 Å². The largest absolute Gasteiger partial charge is 0.469 e. The third kappa shape index (κ3) is 4.68. The molecule has 1 atom stereocenters. The molecule has 1 unspecified atom stereocenters. The highest BCUT2D eigenvalue weighted by molar-refractivity contribution is 5.78. The van der Waals surface area contributed by atoms with Crippen LogP contribution in [0.3, 0.4) is 0 Å². The van der Waals surface area contributed by atoms with E-state index in [1.807, 2.05) is 0 Å². The Morgan fingerprint density at radius 2 is 2.17 bits per heavy atom. The van der Waals surface area contributed by atoms with Crippen molar-refractivity contribution in [1.29, 1.82) is 0 Å². The van der Waals surface area contributed by atoms with Gasteiger partial charge in [0, 0.05) is 36.7 Å². The summed E-state index contributed by atoms with van der Waals surface area (Å²) in [6.07, 6.45) is 1.91. The van der Waals surface area contributed by atoms with Gasteiger partial charge in [0.1, 0.15) is 5.76 Å². The van der Waals surface area contributed by atoms with Crippen molar-refractivity contribution >= 4 is 5.91 Å². The molecule has 0 aliphatic carbocycles. The Hall–Kier alpha value is -2.61. The van der Waals surface area contributed by atoms with Crippen molar-refractivity contribution in [3.05, 3.63) is 56.3 Å². The van der Waals surface area contributed by atoms with Crippen LogP contribution in [-0.2, 0) is 17.6 Å². The highest BCUT2D eigenvalue weighted by Crippen LogP contribution is 2.08. The minimum Gasteiger partial charge on any atom is -0.469 e. The van der Waals surface area contributed by atoms with Crippen LogP contribution >= 0.6 is 0 Å². The molecule has 8 nitrogen and oxygen atoms in total. The second-order valence-corrected chi connectivity index (χ2v) is 5.32. The Morgan fingerprint density at radius 1 is 1.39 bits per heavy atom. The van der Waals surface area contributed by atoms with Crippen LogP contribution in [0.4, 0.5) is 0 Å². The quantitative estimate of drug-likeness (QED) is 0.545. The molecular formula is C15H19N3O5. The van der Waals surface area contributed by atoms with Gasteiger partial charge in [-0.2, -0.15) is 0 Å². The molecule has 2 heterocycles. The predicted molar refractivity (Wildman–Crippen MR) is 82.1 cm³/mol. The number of carbonyl (C=O) groups is 1. The molecule has 124 valence electrons. The van der Waals surface area contributed by atoms with Gasteiger partial charge in [0.2, 0.25) is 5.91 Å². The molecule has 1 amide bonds. The molecule has 0 spiro atoms. The molecule has 2 aromatic rings. The highest BCUT2D eigenvalue weighted by atomic mass is 16.3. The van der Waals surface area contributed by atoms with E-state index >= 15 is 0 Å². The SMILES string of the molecule is Cc1[nH]c(=O)[nH]c(=O)c1CC(=O)NCC(CO)Cc1ccco1. The van der Waals surface area contributed by atoms with Crippen molar-refractivity contribution in [2.75, 3.05) is 13.2 Å². The summed E-state index contributed by atoms with van der Waals surface area (Å²) < 4.78 is 5.21. The number of aromatic amines is 2. The maximum Gasteiger partial charge on any atom is 0.325 e. The van der Waals surface area contributed by atoms with E-state index in [9.17, 15) is 19.5 Å². The van der Waals surface area contributed by atoms with Gasteiger partial charge in [-0.05, 0) is 19.1 Å². The van der Waals surface area contributed by atoms with Gasteiger partial charge in [-0.3, -0.25) is 14.6 Å².